The highest BCUT2D eigenvalue weighted by Crippen LogP contribution is 2.24. The summed E-state index contributed by atoms with van der Waals surface area (Å²) in [5, 5.41) is 8.80. The summed E-state index contributed by atoms with van der Waals surface area (Å²) in [5.74, 6) is -0.395. The van der Waals surface area contributed by atoms with Crippen LogP contribution in [0.3, 0.4) is 0 Å². The Morgan fingerprint density at radius 1 is 1.29 bits per heavy atom. The fourth-order valence-electron chi connectivity index (χ4n) is 3.51. The summed E-state index contributed by atoms with van der Waals surface area (Å²) in [5.41, 5.74) is 2.26. The minimum Gasteiger partial charge on any atom is -0.444 e. The van der Waals surface area contributed by atoms with Gasteiger partial charge in [-0.2, -0.15) is 0 Å². The molecule has 0 aromatic heterocycles. The number of nitrogens with zero attached hydrogens (tertiary/aromatic N) is 2. The van der Waals surface area contributed by atoms with E-state index >= 15 is 0 Å². The van der Waals surface area contributed by atoms with Gasteiger partial charge in [0.15, 0.2) is 0 Å². The SMILES string of the molecule is CC(C)(C)OC(=O)N1CC(N2CCC(OCc3ccc(NO)cc3F)CC2)C1. The molecular weight excluding hydrogens is 365 g/mol. The minimum atomic E-state index is -0.466. The molecule has 1 aromatic rings. The molecule has 28 heavy (non-hydrogen) atoms. The van der Waals surface area contributed by atoms with Gasteiger partial charge >= 0.3 is 6.09 Å². The van der Waals surface area contributed by atoms with Gasteiger partial charge in [-0.1, -0.05) is 6.07 Å². The van der Waals surface area contributed by atoms with E-state index < -0.39 is 11.4 Å². The lowest BCUT2D eigenvalue weighted by Crippen LogP contribution is -2.63. The Labute approximate surface area is 165 Å². The molecule has 2 N–H and O–H groups in total. The normalized spacial score (nSPS) is 19.4. The number of ether oxygens (including phenoxy) is 2. The summed E-state index contributed by atoms with van der Waals surface area (Å²) in [4.78, 5) is 16.2. The molecule has 1 aromatic carbocycles. The Balaban J connectivity index is 1.37. The van der Waals surface area contributed by atoms with Crippen molar-refractivity contribution in [2.75, 3.05) is 31.7 Å². The molecule has 0 bridgehead atoms. The summed E-state index contributed by atoms with van der Waals surface area (Å²) in [6.07, 6.45) is 1.64. The molecule has 0 atom stereocenters. The zero-order valence-electron chi connectivity index (χ0n) is 16.8. The van der Waals surface area contributed by atoms with Gasteiger partial charge in [0.25, 0.3) is 0 Å². The number of rotatable bonds is 5. The van der Waals surface area contributed by atoms with E-state index in [4.69, 9.17) is 14.7 Å². The van der Waals surface area contributed by atoms with Gasteiger partial charge in [0.1, 0.15) is 11.4 Å². The first-order chi connectivity index (χ1) is 13.2. The molecular formula is C20H30FN3O4. The van der Waals surface area contributed by atoms with Crippen LogP contribution in [0.1, 0.15) is 39.2 Å². The van der Waals surface area contributed by atoms with Gasteiger partial charge in [0.05, 0.1) is 18.4 Å². The van der Waals surface area contributed by atoms with E-state index in [0.29, 0.717) is 30.4 Å². The van der Waals surface area contributed by atoms with Crippen LogP contribution in [0.2, 0.25) is 0 Å². The Kier molecular flexibility index (Phi) is 6.42. The Bertz CT molecular complexity index is 681. The first-order valence-electron chi connectivity index (χ1n) is 9.77. The molecule has 1 amide bonds. The molecule has 156 valence electrons. The quantitative estimate of drug-likeness (QED) is 0.746. The maximum absolute atomic E-state index is 13.9. The van der Waals surface area contributed by atoms with Crippen molar-refractivity contribution in [2.45, 2.75) is 58.0 Å². The summed E-state index contributed by atoms with van der Waals surface area (Å²) in [7, 11) is 0. The van der Waals surface area contributed by atoms with E-state index in [1.807, 2.05) is 26.3 Å². The molecule has 2 saturated heterocycles. The summed E-state index contributed by atoms with van der Waals surface area (Å²) in [6, 6.07) is 4.85. The van der Waals surface area contributed by atoms with Crippen molar-refractivity contribution in [3.63, 3.8) is 0 Å². The molecule has 2 aliphatic heterocycles. The number of nitrogens with one attached hydrogen (secondary N) is 1. The number of hydrogen-bond acceptors (Lipinski definition) is 6. The minimum absolute atomic E-state index is 0.105. The molecule has 8 heteroatoms. The number of anilines is 1. The third-order valence-corrected chi connectivity index (χ3v) is 5.16. The maximum atomic E-state index is 13.9. The number of amides is 1. The molecule has 0 saturated carbocycles. The van der Waals surface area contributed by atoms with Gasteiger partial charge in [0.2, 0.25) is 0 Å². The molecule has 0 radical (unpaired) electrons. The van der Waals surface area contributed by atoms with E-state index in [1.54, 1.807) is 17.0 Å². The monoisotopic (exact) mass is 395 g/mol. The standard InChI is InChI=1S/C20H30FN3O4/c1-20(2,3)28-19(25)24-11-16(12-24)23-8-6-17(7-9-23)27-13-14-4-5-15(22-26)10-18(14)21/h4-5,10,16-17,22,26H,6-9,11-13H2,1-3H3. The summed E-state index contributed by atoms with van der Waals surface area (Å²) < 4.78 is 25.2. The van der Waals surface area contributed by atoms with Gasteiger partial charge in [-0.05, 0) is 45.7 Å². The first kappa shape index (κ1) is 20.8. The van der Waals surface area contributed by atoms with Gasteiger partial charge < -0.3 is 14.4 Å². The average Bonchev–Trinajstić information content (AvgIpc) is 2.59. The van der Waals surface area contributed by atoms with E-state index in [0.717, 1.165) is 25.9 Å². The third kappa shape index (κ3) is 5.33. The Hall–Kier alpha value is -1.90. The van der Waals surface area contributed by atoms with Gasteiger partial charge in [-0.15, -0.1) is 0 Å². The van der Waals surface area contributed by atoms with Gasteiger partial charge in [0, 0.05) is 37.8 Å². The van der Waals surface area contributed by atoms with Crippen molar-refractivity contribution < 1.29 is 23.9 Å². The van der Waals surface area contributed by atoms with Crippen molar-refractivity contribution in [3.8, 4) is 0 Å². The van der Waals surface area contributed by atoms with E-state index in [9.17, 15) is 9.18 Å². The lowest BCUT2D eigenvalue weighted by molar-refractivity contribution is -0.0450. The lowest BCUT2D eigenvalue weighted by Gasteiger charge is -2.47. The van der Waals surface area contributed by atoms with Crippen molar-refractivity contribution in [1.82, 2.24) is 9.80 Å². The number of likely N-dealkylation sites (tertiary alicyclic amines) is 2. The van der Waals surface area contributed by atoms with Crippen LogP contribution in [-0.4, -0.2) is 65.0 Å². The van der Waals surface area contributed by atoms with Crippen LogP contribution in [0.15, 0.2) is 18.2 Å². The van der Waals surface area contributed by atoms with E-state index in [1.165, 1.54) is 6.07 Å². The van der Waals surface area contributed by atoms with Crippen LogP contribution < -0.4 is 5.48 Å². The molecule has 3 rings (SSSR count). The molecule has 0 spiro atoms. The second-order valence-corrected chi connectivity index (χ2v) is 8.50. The van der Waals surface area contributed by atoms with E-state index in [2.05, 4.69) is 4.90 Å². The van der Waals surface area contributed by atoms with Crippen LogP contribution >= 0.6 is 0 Å². The number of piperidine rings is 1. The number of carbonyl (C=O) groups is 1. The first-order valence-corrected chi connectivity index (χ1v) is 9.77. The molecule has 2 heterocycles. The van der Waals surface area contributed by atoms with Gasteiger partial charge in [-0.25, -0.2) is 9.18 Å². The van der Waals surface area contributed by atoms with Crippen molar-refractivity contribution >= 4 is 11.8 Å². The largest absolute Gasteiger partial charge is 0.444 e. The van der Waals surface area contributed by atoms with Gasteiger partial charge in [-0.3, -0.25) is 15.6 Å². The van der Waals surface area contributed by atoms with Crippen LogP contribution in [0.25, 0.3) is 0 Å². The third-order valence-electron chi connectivity index (χ3n) is 5.16. The number of carbonyl (C=O) groups excluding carboxylic acids is 1. The summed E-state index contributed by atoms with van der Waals surface area (Å²) in [6.45, 7) is 9.07. The maximum Gasteiger partial charge on any atom is 0.410 e. The number of hydrogen-bond donors (Lipinski definition) is 2. The number of halogens is 1. The molecule has 0 aliphatic carbocycles. The fourth-order valence-corrected chi connectivity index (χ4v) is 3.51. The smallest absolute Gasteiger partial charge is 0.410 e. The zero-order valence-corrected chi connectivity index (χ0v) is 16.8. The Morgan fingerprint density at radius 3 is 2.54 bits per heavy atom. The van der Waals surface area contributed by atoms with Crippen LogP contribution in [0, 0.1) is 5.82 Å². The lowest BCUT2D eigenvalue weighted by atomic mass is 10.0. The molecule has 2 aliphatic rings. The predicted molar refractivity (Wildman–Crippen MR) is 103 cm³/mol. The van der Waals surface area contributed by atoms with Crippen LogP contribution in [0.4, 0.5) is 14.9 Å². The summed E-state index contributed by atoms with van der Waals surface area (Å²) >= 11 is 0. The van der Waals surface area contributed by atoms with Crippen molar-refractivity contribution in [3.05, 3.63) is 29.6 Å². The van der Waals surface area contributed by atoms with Crippen LogP contribution in [0.5, 0.6) is 0 Å². The second-order valence-electron chi connectivity index (χ2n) is 8.50. The Morgan fingerprint density at radius 2 is 1.96 bits per heavy atom. The predicted octanol–water partition coefficient (Wildman–Crippen LogP) is 3.23. The second kappa shape index (κ2) is 8.63. The van der Waals surface area contributed by atoms with Crippen molar-refractivity contribution in [1.29, 1.82) is 0 Å². The number of benzene rings is 1. The topological polar surface area (TPSA) is 74.3 Å². The average molecular weight is 395 g/mol. The molecule has 2 fully saturated rings. The molecule has 7 nitrogen and oxygen atoms in total. The van der Waals surface area contributed by atoms with Crippen molar-refractivity contribution in [2.24, 2.45) is 0 Å². The van der Waals surface area contributed by atoms with Crippen LogP contribution in [-0.2, 0) is 16.1 Å². The molecule has 0 unspecified atom stereocenters. The highest BCUT2D eigenvalue weighted by Gasteiger charge is 2.38. The zero-order chi connectivity index (χ0) is 20.3. The van der Waals surface area contributed by atoms with E-state index in [-0.39, 0.29) is 18.8 Å². The highest BCUT2D eigenvalue weighted by atomic mass is 19.1. The fraction of sp³-hybridized carbons (Fsp3) is 0.650. The highest BCUT2D eigenvalue weighted by molar-refractivity contribution is 5.69.